The van der Waals surface area contributed by atoms with Gasteiger partial charge in [-0.2, -0.15) is 0 Å². The molecular weight excluding hydrogens is 382 g/mol. The zero-order valence-electron chi connectivity index (χ0n) is 17.2. The van der Waals surface area contributed by atoms with E-state index in [1.54, 1.807) is 34.9 Å². The van der Waals surface area contributed by atoms with E-state index < -0.39 is 12.1 Å². The van der Waals surface area contributed by atoms with Gasteiger partial charge in [0.1, 0.15) is 28.9 Å². The summed E-state index contributed by atoms with van der Waals surface area (Å²) in [6.45, 7) is 5.53. The summed E-state index contributed by atoms with van der Waals surface area (Å²) in [4.78, 5) is 31.3. The van der Waals surface area contributed by atoms with E-state index in [2.05, 4.69) is 4.90 Å². The molecule has 4 rings (SSSR count). The summed E-state index contributed by atoms with van der Waals surface area (Å²) in [7, 11) is 0. The van der Waals surface area contributed by atoms with E-state index >= 15 is 0 Å². The molecule has 1 aliphatic rings. The van der Waals surface area contributed by atoms with Gasteiger partial charge in [0, 0.05) is 30.9 Å². The number of carboxylic acid groups (broad SMARTS) is 1. The molecule has 1 aliphatic heterocycles. The van der Waals surface area contributed by atoms with Gasteiger partial charge >= 0.3 is 5.97 Å². The van der Waals surface area contributed by atoms with Crippen molar-refractivity contribution in [3.63, 3.8) is 0 Å². The number of carbonyl (C=O) groups is 1. The van der Waals surface area contributed by atoms with Crippen LogP contribution in [0.2, 0.25) is 0 Å². The van der Waals surface area contributed by atoms with Gasteiger partial charge < -0.3 is 14.7 Å². The maximum atomic E-state index is 12.8. The summed E-state index contributed by atoms with van der Waals surface area (Å²) < 4.78 is 7.57. The maximum absolute atomic E-state index is 12.8. The summed E-state index contributed by atoms with van der Waals surface area (Å²) in [6.07, 6.45) is 4.65. The van der Waals surface area contributed by atoms with Crippen molar-refractivity contribution in [2.45, 2.75) is 39.2 Å². The Kier molecular flexibility index (Phi) is 5.44. The van der Waals surface area contributed by atoms with Crippen molar-refractivity contribution in [2.24, 2.45) is 0 Å². The summed E-state index contributed by atoms with van der Waals surface area (Å²) in [5, 5.41) is 9.44. The van der Waals surface area contributed by atoms with Crippen molar-refractivity contribution in [1.82, 2.24) is 9.38 Å². The Hall–Kier alpha value is -3.35. The predicted octanol–water partition coefficient (Wildman–Crippen LogP) is 3.83. The molecule has 3 aromatic rings. The molecule has 1 unspecified atom stereocenters. The highest BCUT2D eigenvalue weighted by Crippen LogP contribution is 2.28. The number of carboxylic acids is 1. The van der Waals surface area contributed by atoms with Crippen LogP contribution in [0.15, 0.2) is 47.4 Å². The minimum atomic E-state index is -1.05. The molecule has 1 N–H and O–H groups in total. The molecule has 0 saturated carbocycles. The minimum Gasteiger partial charge on any atom is -0.485 e. The fraction of sp³-hybridized carbons (Fsp3) is 0.348. The van der Waals surface area contributed by atoms with Gasteiger partial charge in [0.05, 0.1) is 0 Å². The van der Waals surface area contributed by atoms with Gasteiger partial charge in [-0.15, -0.1) is 0 Å². The summed E-state index contributed by atoms with van der Waals surface area (Å²) in [5.41, 5.74) is 2.14. The molecule has 7 heteroatoms. The Morgan fingerprint density at radius 3 is 2.63 bits per heavy atom. The van der Waals surface area contributed by atoms with Crippen LogP contribution in [0, 0.1) is 6.92 Å². The Morgan fingerprint density at radius 1 is 1.17 bits per heavy atom. The van der Waals surface area contributed by atoms with E-state index in [0.717, 1.165) is 37.1 Å². The standard InChI is InChI=1S/C23H25N3O4/c1-15-12-18(16(2)30-19-9-5-4-8-17(19)23(28)29)22-24-20(13-21(27)26(22)14-15)25-10-6-3-7-11-25/h4-5,8-9,12-14,16H,3,6-7,10-11H2,1-2H3,(H,28,29). The topological polar surface area (TPSA) is 84.1 Å². The summed E-state index contributed by atoms with van der Waals surface area (Å²) in [6, 6.07) is 10.1. The molecule has 3 heterocycles. The Morgan fingerprint density at radius 2 is 1.90 bits per heavy atom. The zero-order valence-corrected chi connectivity index (χ0v) is 17.2. The van der Waals surface area contributed by atoms with Crippen molar-refractivity contribution < 1.29 is 14.6 Å². The van der Waals surface area contributed by atoms with Gasteiger partial charge in [0.15, 0.2) is 0 Å². The van der Waals surface area contributed by atoms with E-state index in [1.165, 1.54) is 12.5 Å². The van der Waals surface area contributed by atoms with Gasteiger partial charge in [-0.25, -0.2) is 9.78 Å². The number of aromatic nitrogens is 2. The summed E-state index contributed by atoms with van der Waals surface area (Å²) in [5.74, 6) is -0.0803. The molecule has 0 spiro atoms. The van der Waals surface area contributed by atoms with Gasteiger partial charge in [-0.3, -0.25) is 9.20 Å². The SMILES string of the molecule is Cc1cc(C(C)Oc2ccccc2C(=O)O)c2nc(N3CCCCC3)cc(=O)n2c1. The Labute approximate surface area is 174 Å². The van der Waals surface area contributed by atoms with Crippen molar-refractivity contribution in [1.29, 1.82) is 0 Å². The predicted molar refractivity (Wildman–Crippen MR) is 115 cm³/mol. The van der Waals surface area contributed by atoms with Crippen LogP contribution < -0.4 is 15.2 Å². The van der Waals surface area contributed by atoms with E-state index in [9.17, 15) is 14.7 Å². The molecule has 0 aliphatic carbocycles. The molecule has 1 fully saturated rings. The van der Waals surface area contributed by atoms with Crippen LogP contribution in [-0.4, -0.2) is 33.6 Å². The van der Waals surface area contributed by atoms with E-state index in [4.69, 9.17) is 9.72 Å². The molecule has 1 atom stereocenters. The largest absolute Gasteiger partial charge is 0.485 e. The molecule has 2 aromatic heterocycles. The van der Waals surface area contributed by atoms with Gasteiger partial charge in [0.25, 0.3) is 5.56 Å². The second-order valence-electron chi connectivity index (χ2n) is 7.73. The van der Waals surface area contributed by atoms with Crippen molar-refractivity contribution in [3.8, 4) is 5.75 Å². The first-order valence-corrected chi connectivity index (χ1v) is 10.2. The fourth-order valence-corrected chi connectivity index (χ4v) is 3.94. The van der Waals surface area contributed by atoms with Crippen molar-refractivity contribution in [2.75, 3.05) is 18.0 Å². The molecule has 0 bridgehead atoms. The number of hydrogen-bond donors (Lipinski definition) is 1. The number of anilines is 1. The van der Waals surface area contributed by atoms with E-state index in [0.29, 0.717) is 11.5 Å². The third-order valence-electron chi connectivity index (χ3n) is 5.45. The third-order valence-corrected chi connectivity index (χ3v) is 5.45. The van der Waals surface area contributed by atoms with E-state index in [-0.39, 0.29) is 16.9 Å². The average Bonchev–Trinajstić information content (AvgIpc) is 2.74. The molecule has 1 saturated heterocycles. The zero-order chi connectivity index (χ0) is 21.3. The van der Waals surface area contributed by atoms with Crippen LogP contribution in [0.1, 0.15) is 53.8 Å². The minimum absolute atomic E-state index is 0.0976. The van der Waals surface area contributed by atoms with Gasteiger partial charge in [0.2, 0.25) is 0 Å². The highest BCUT2D eigenvalue weighted by Gasteiger charge is 2.20. The van der Waals surface area contributed by atoms with Crippen LogP contribution in [0.5, 0.6) is 5.75 Å². The number of para-hydroxylation sites is 1. The quantitative estimate of drug-likeness (QED) is 0.692. The van der Waals surface area contributed by atoms with Crippen LogP contribution in [-0.2, 0) is 0 Å². The van der Waals surface area contributed by atoms with Crippen LogP contribution >= 0.6 is 0 Å². The number of rotatable bonds is 5. The first kappa shape index (κ1) is 19.9. The smallest absolute Gasteiger partial charge is 0.339 e. The number of benzene rings is 1. The van der Waals surface area contributed by atoms with Gasteiger partial charge in [-0.05, 0) is 56.9 Å². The second-order valence-corrected chi connectivity index (χ2v) is 7.73. The van der Waals surface area contributed by atoms with Crippen LogP contribution in [0.4, 0.5) is 5.82 Å². The Bertz CT molecular complexity index is 1150. The number of fused-ring (bicyclic) bond motifs is 1. The first-order chi connectivity index (χ1) is 14.4. The second kappa shape index (κ2) is 8.18. The number of pyridine rings is 1. The fourth-order valence-electron chi connectivity index (χ4n) is 3.94. The highest BCUT2D eigenvalue weighted by molar-refractivity contribution is 5.90. The maximum Gasteiger partial charge on any atom is 0.339 e. The monoisotopic (exact) mass is 407 g/mol. The number of nitrogens with zero attached hydrogens (tertiary/aromatic N) is 3. The lowest BCUT2D eigenvalue weighted by Gasteiger charge is -2.28. The molecule has 156 valence electrons. The summed E-state index contributed by atoms with van der Waals surface area (Å²) >= 11 is 0. The highest BCUT2D eigenvalue weighted by atomic mass is 16.5. The van der Waals surface area contributed by atoms with Crippen LogP contribution in [0.25, 0.3) is 5.65 Å². The Balaban J connectivity index is 1.78. The molecule has 30 heavy (non-hydrogen) atoms. The number of aromatic carboxylic acids is 1. The number of ether oxygens (including phenoxy) is 1. The molecule has 1 aromatic carbocycles. The van der Waals surface area contributed by atoms with E-state index in [1.807, 2.05) is 19.9 Å². The van der Waals surface area contributed by atoms with Crippen LogP contribution in [0.3, 0.4) is 0 Å². The molecular formula is C23H25N3O4. The van der Waals surface area contributed by atoms with Crippen molar-refractivity contribution >= 4 is 17.4 Å². The number of hydrogen-bond acceptors (Lipinski definition) is 5. The number of aryl methyl sites for hydroxylation is 1. The molecule has 0 radical (unpaired) electrons. The third kappa shape index (κ3) is 3.87. The molecule has 0 amide bonds. The number of piperidine rings is 1. The lowest BCUT2D eigenvalue weighted by Crippen LogP contribution is -2.32. The average molecular weight is 407 g/mol. The lowest BCUT2D eigenvalue weighted by molar-refractivity contribution is 0.0690. The van der Waals surface area contributed by atoms with Crippen molar-refractivity contribution in [3.05, 3.63) is 69.6 Å². The normalized spacial score (nSPS) is 15.2. The lowest BCUT2D eigenvalue weighted by atomic mass is 10.1. The first-order valence-electron chi connectivity index (χ1n) is 10.2. The van der Waals surface area contributed by atoms with Gasteiger partial charge in [-0.1, -0.05) is 12.1 Å². The molecule has 7 nitrogen and oxygen atoms in total.